The van der Waals surface area contributed by atoms with Crippen LogP contribution in [-0.2, 0) is 4.79 Å². The van der Waals surface area contributed by atoms with E-state index in [4.69, 9.17) is 0 Å². The van der Waals surface area contributed by atoms with Crippen molar-refractivity contribution in [2.45, 2.75) is 19.4 Å². The molecule has 0 fully saturated rings. The zero-order chi connectivity index (χ0) is 15.3. The molecule has 4 rings (SSSR count). The number of nitrogens with one attached hydrogen (secondary N) is 1. The number of hydrogen-bond acceptors (Lipinski definition) is 3. The van der Waals surface area contributed by atoms with Crippen molar-refractivity contribution in [2.75, 3.05) is 0 Å². The van der Waals surface area contributed by atoms with Gasteiger partial charge in [-0.05, 0) is 24.5 Å². The molecule has 1 aromatic carbocycles. The van der Waals surface area contributed by atoms with Gasteiger partial charge in [0, 0.05) is 16.5 Å². The zero-order valence-corrected chi connectivity index (χ0v) is 12.2. The molecular weight excluding hydrogens is 276 g/mol. The van der Waals surface area contributed by atoms with Gasteiger partial charge in [0.1, 0.15) is 11.4 Å². The monoisotopic (exact) mass is 292 g/mol. The lowest BCUT2D eigenvalue weighted by atomic mass is 9.91. The van der Waals surface area contributed by atoms with Gasteiger partial charge in [0.15, 0.2) is 5.75 Å². The Kier molecular flexibility index (Phi) is 2.79. The van der Waals surface area contributed by atoms with Crippen LogP contribution in [0.15, 0.2) is 53.1 Å². The topological polar surface area (TPSA) is 65.4 Å². The molecule has 22 heavy (non-hydrogen) atoms. The summed E-state index contributed by atoms with van der Waals surface area (Å²) in [5.41, 5.74) is 2.27. The van der Waals surface area contributed by atoms with Gasteiger partial charge in [-0.25, -0.2) is 0 Å². The predicted molar refractivity (Wildman–Crippen MR) is 86.3 cm³/mol. The summed E-state index contributed by atoms with van der Waals surface area (Å²) in [6, 6.07) is 7.23. The Hall–Kier alpha value is -2.62. The van der Waals surface area contributed by atoms with Gasteiger partial charge < -0.3 is 10.1 Å². The molecule has 0 radical (unpaired) electrons. The number of aliphatic imine (C=N–C) groups is 1. The highest BCUT2D eigenvalue weighted by Gasteiger charge is 2.35. The number of fused-ring (bicyclic) bond motifs is 2. The molecule has 1 aromatic heterocycles. The van der Waals surface area contributed by atoms with E-state index in [0.29, 0.717) is 22.7 Å². The van der Waals surface area contributed by atoms with E-state index in [0.717, 1.165) is 17.5 Å². The highest BCUT2D eigenvalue weighted by Crippen LogP contribution is 2.34. The Bertz CT molecular complexity index is 870. The lowest BCUT2D eigenvalue weighted by Crippen LogP contribution is -2.16. The number of nitrogens with zero attached hydrogens (tertiary/aromatic N) is 1. The number of aromatic amines is 1. The summed E-state index contributed by atoms with van der Waals surface area (Å²) in [5.74, 6) is 0.300. The summed E-state index contributed by atoms with van der Waals surface area (Å²) in [6.07, 6.45) is 7.04. The van der Waals surface area contributed by atoms with E-state index in [1.54, 1.807) is 0 Å². The van der Waals surface area contributed by atoms with Crippen molar-refractivity contribution in [2.24, 2.45) is 10.9 Å². The quantitative estimate of drug-likeness (QED) is 0.835. The molecule has 4 nitrogen and oxygen atoms in total. The third-order valence-corrected chi connectivity index (χ3v) is 4.39. The summed E-state index contributed by atoms with van der Waals surface area (Å²) >= 11 is 0. The number of aromatic hydroxyl groups is 1. The summed E-state index contributed by atoms with van der Waals surface area (Å²) in [5, 5.41) is 11.1. The smallest absolute Gasteiger partial charge is 0.211 e. The van der Waals surface area contributed by atoms with Gasteiger partial charge in [0.2, 0.25) is 5.78 Å². The molecule has 0 saturated heterocycles. The number of carbonyl (C=O) groups excluding carboxylic acids is 1. The summed E-state index contributed by atoms with van der Waals surface area (Å²) in [4.78, 5) is 20.3. The highest BCUT2D eigenvalue weighted by molar-refractivity contribution is 6.54. The SMILES string of the molecule is CCC1C=CC2N=C(c3[nH]c4ccccc4c3O)C(=O)C2=C1. The first kappa shape index (κ1) is 13.1. The van der Waals surface area contributed by atoms with Crippen LogP contribution in [0, 0.1) is 5.92 Å². The number of rotatable bonds is 2. The fourth-order valence-electron chi connectivity index (χ4n) is 3.12. The van der Waals surface area contributed by atoms with Gasteiger partial charge in [-0.2, -0.15) is 0 Å². The third-order valence-electron chi connectivity index (χ3n) is 4.39. The first-order chi connectivity index (χ1) is 10.7. The van der Waals surface area contributed by atoms with Gasteiger partial charge in [-0.3, -0.25) is 9.79 Å². The number of ketones is 1. The maximum absolute atomic E-state index is 12.7. The molecule has 1 aliphatic carbocycles. The lowest BCUT2D eigenvalue weighted by Gasteiger charge is -2.14. The standard InChI is InChI=1S/C18H16N2O2/c1-2-10-7-8-14-12(9-10)18(22)16(20-14)15-17(21)11-5-3-4-6-13(11)19-15/h3-10,14,19,21H,2H2,1H3. The Morgan fingerprint density at radius 2 is 2.09 bits per heavy atom. The minimum atomic E-state index is -0.212. The van der Waals surface area contributed by atoms with E-state index in [-0.39, 0.29) is 17.6 Å². The number of para-hydroxylation sites is 1. The van der Waals surface area contributed by atoms with Gasteiger partial charge in [-0.15, -0.1) is 0 Å². The molecular formula is C18H16N2O2. The molecule has 2 aliphatic rings. The fraction of sp³-hybridized carbons (Fsp3) is 0.222. The number of aromatic nitrogens is 1. The van der Waals surface area contributed by atoms with Crippen LogP contribution in [0.2, 0.25) is 0 Å². The van der Waals surface area contributed by atoms with Crippen molar-refractivity contribution in [1.29, 1.82) is 0 Å². The van der Waals surface area contributed by atoms with Crippen LogP contribution in [0.25, 0.3) is 10.9 Å². The van der Waals surface area contributed by atoms with Gasteiger partial charge in [-0.1, -0.05) is 37.3 Å². The Morgan fingerprint density at radius 3 is 2.86 bits per heavy atom. The van der Waals surface area contributed by atoms with Crippen LogP contribution < -0.4 is 0 Å². The van der Waals surface area contributed by atoms with Crippen LogP contribution in [0.5, 0.6) is 5.75 Å². The molecule has 2 aromatic rings. The van der Waals surface area contributed by atoms with Crippen LogP contribution in [0.3, 0.4) is 0 Å². The number of hydrogen-bond donors (Lipinski definition) is 2. The maximum Gasteiger partial charge on any atom is 0.211 e. The molecule has 0 spiro atoms. The van der Waals surface area contributed by atoms with Crippen LogP contribution >= 0.6 is 0 Å². The van der Waals surface area contributed by atoms with Gasteiger partial charge in [0.05, 0.1) is 6.04 Å². The average Bonchev–Trinajstić information content (AvgIpc) is 3.05. The van der Waals surface area contributed by atoms with Crippen molar-refractivity contribution < 1.29 is 9.90 Å². The van der Waals surface area contributed by atoms with E-state index in [1.807, 2.05) is 36.4 Å². The third kappa shape index (κ3) is 1.77. The second-order valence-electron chi connectivity index (χ2n) is 5.72. The summed E-state index contributed by atoms with van der Waals surface area (Å²) in [6.45, 7) is 2.09. The van der Waals surface area contributed by atoms with Gasteiger partial charge in [0.25, 0.3) is 0 Å². The van der Waals surface area contributed by atoms with Crippen molar-refractivity contribution in [3.05, 3.63) is 53.8 Å². The molecule has 2 atom stereocenters. The van der Waals surface area contributed by atoms with Crippen LogP contribution in [0.1, 0.15) is 19.0 Å². The second kappa shape index (κ2) is 4.70. The van der Waals surface area contributed by atoms with Crippen LogP contribution in [0.4, 0.5) is 0 Å². The van der Waals surface area contributed by atoms with Crippen molar-refractivity contribution >= 4 is 22.4 Å². The van der Waals surface area contributed by atoms with E-state index in [2.05, 4.69) is 23.0 Å². The largest absolute Gasteiger partial charge is 0.505 e. The number of carbonyl (C=O) groups is 1. The number of H-pyrrole nitrogens is 1. The maximum atomic E-state index is 12.7. The first-order valence-electron chi connectivity index (χ1n) is 7.51. The highest BCUT2D eigenvalue weighted by atomic mass is 16.3. The van der Waals surface area contributed by atoms with Crippen molar-refractivity contribution in [3.8, 4) is 5.75 Å². The normalized spacial score (nSPS) is 23.6. The van der Waals surface area contributed by atoms with E-state index in [9.17, 15) is 9.90 Å². The van der Waals surface area contributed by atoms with Gasteiger partial charge >= 0.3 is 0 Å². The number of Topliss-reactive ketones (excluding diaryl/α,β-unsaturated/α-hetero) is 1. The zero-order valence-electron chi connectivity index (χ0n) is 12.2. The lowest BCUT2D eigenvalue weighted by molar-refractivity contribution is -0.109. The molecule has 2 N–H and O–H groups in total. The summed E-state index contributed by atoms with van der Waals surface area (Å²) < 4.78 is 0. The molecule has 110 valence electrons. The number of allylic oxidation sites excluding steroid dienone is 2. The van der Waals surface area contributed by atoms with E-state index < -0.39 is 0 Å². The fourth-order valence-corrected chi connectivity index (χ4v) is 3.12. The summed E-state index contributed by atoms with van der Waals surface area (Å²) in [7, 11) is 0. The Labute approximate surface area is 127 Å². The van der Waals surface area contributed by atoms with E-state index >= 15 is 0 Å². The molecule has 2 heterocycles. The minimum Gasteiger partial charge on any atom is -0.505 e. The number of benzene rings is 1. The van der Waals surface area contributed by atoms with E-state index in [1.165, 1.54) is 0 Å². The first-order valence-corrected chi connectivity index (χ1v) is 7.51. The molecule has 1 aliphatic heterocycles. The minimum absolute atomic E-state index is 0.0883. The Morgan fingerprint density at radius 1 is 1.27 bits per heavy atom. The molecule has 4 heteroatoms. The molecule has 2 unspecified atom stereocenters. The predicted octanol–water partition coefficient (Wildman–Crippen LogP) is 3.14. The molecule has 0 amide bonds. The Balaban J connectivity index is 1.82. The van der Waals surface area contributed by atoms with Crippen molar-refractivity contribution in [1.82, 2.24) is 4.98 Å². The average molecular weight is 292 g/mol. The van der Waals surface area contributed by atoms with Crippen molar-refractivity contribution in [3.63, 3.8) is 0 Å². The van der Waals surface area contributed by atoms with Crippen LogP contribution in [-0.4, -0.2) is 27.6 Å². The molecule has 0 saturated carbocycles. The second-order valence-corrected chi connectivity index (χ2v) is 5.72. The molecule has 0 bridgehead atoms.